The molecule has 0 aromatic heterocycles. The first kappa shape index (κ1) is 14.0. The summed E-state index contributed by atoms with van der Waals surface area (Å²) in [6.45, 7) is 3.16. The van der Waals surface area contributed by atoms with Gasteiger partial charge in [0.15, 0.2) is 0 Å². The Balaban J connectivity index is 4.91. The van der Waals surface area contributed by atoms with E-state index >= 15 is 0 Å². The number of alkyl halides is 3. The second-order valence-electron chi connectivity index (χ2n) is 2.53. The van der Waals surface area contributed by atoms with Gasteiger partial charge in [0.1, 0.15) is 0 Å². The normalized spacial score (nSPS) is 14.7. The molecule has 0 heterocycles. The monoisotopic (exact) mass is 309 g/mol. The molecule has 0 fully saturated rings. The van der Waals surface area contributed by atoms with Gasteiger partial charge >= 0.3 is 0 Å². The maximum absolute atomic E-state index is 5.82. The molecular formula is C4H6Cl6NP. The topological polar surface area (TPSA) is 12.4 Å². The van der Waals surface area contributed by atoms with Crippen LogP contribution in [0.1, 0.15) is 13.8 Å². The van der Waals surface area contributed by atoms with Crippen LogP contribution in [0.15, 0.2) is 4.74 Å². The van der Waals surface area contributed by atoms with Crippen LogP contribution in [0.4, 0.5) is 0 Å². The first-order valence-corrected chi connectivity index (χ1v) is 8.34. The fourth-order valence-electron chi connectivity index (χ4n) is 0.261. The number of nitrogens with zero attached hydrogens (tertiary/aromatic N) is 1. The van der Waals surface area contributed by atoms with Crippen molar-refractivity contribution in [3.63, 3.8) is 0 Å². The third-order valence-electron chi connectivity index (χ3n) is 0.954. The maximum Gasteiger partial charge on any atom is 0.228 e. The van der Waals surface area contributed by atoms with E-state index in [1.807, 2.05) is 0 Å². The molecule has 0 amide bonds. The second kappa shape index (κ2) is 4.23. The highest BCUT2D eigenvalue weighted by molar-refractivity contribution is 8.26. The van der Waals surface area contributed by atoms with Crippen molar-refractivity contribution >= 4 is 73.6 Å². The Bertz CT molecular complexity index is 204. The van der Waals surface area contributed by atoms with Crippen LogP contribution in [0.3, 0.4) is 0 Å². The van der Waals surface area contributed by atoms with Crippen molar-refractivity contribution < 1.29 is 0 Å². The molecule has 0 rings (SSSR count). The van der Waals surface area contributed by atoms with Crippen molar-refractivity contribution in [3.05, 3.63) is 0 Å². The Morgan fingerprint density at radius 2 is 1.33 bits per heavy atom. The van der Waals surface area contributed by atoms with E-state index in [9.17, 15) is 0 Å². The number of halogens is 6. The molecule has 0 radical (unpaired) electrons. The van der Waals surface area contributed by atoms with Gasteiger partial charge in [0.05, 0.1) is 4.87 Å². The lowest BCUT2D eigenvalue weighted by Gasteiger charge is -2.28. The zero-order chi connectivity index (χ0) is 10.2. The minimum atomic E-state index is -2.94. The van der Waals surface area contributed by atoms with E-state index in [1.54, 1.807) is 13.8 Å². The lowest BCUT2D eigenvalue weighted by molar-refractivity contribution is 0.616. The van der Waals surface area contributed by atoms with Crippen molar-refractivity contribution in [2.24, 2.45) is 4.74 Å². The Hall–Kier alpha value is 1.97. The summed E-state index contributed by atoms with van der Waals surface area (Å²) in [5, 5.41) is -2.94. The van der Waals surface area contributed by atoms with Gasteiger partial charge in [-0.05, 0) is 47.6 Å². The number of hydrogen-bond acceptors (Lipinski definition) is 1. The minimum Gasteiger partial charge on any atom is -0.220 e. The first-order chi connectivity index (χ1) is 4.96. The summed E-state index contributed by atoms with van der Waals surface area (Å²) in [4.78, 5) is -0.986. The van der Waals surface area contributed by atoms with Gasteiger partial charge in [-0.1, -0.05) is 23.2 Å². The van der Waals surface area contributed by atoms with Crippen molar-refractivity contribution in [2.45, 2.75) is 23.2 Å². The Morgan fingerprint density at radius 3 is 1.42 bits per heavy atom. The lowest BCUT2D eigenvalue weighted by Crippen LogP contribution is -2.33. The maximum atomic E-state index is 5.82. The molecule has 0 saturated heterocycles. The van der Waals surface area contributed by atoms with Gasteiger partial charge in [-0.2, -0.15) is 0 Å². The molecule has 74 valence electrons. The quantitative estimate of drug-likeness (QED) is 0.347. The van der Waals surface area contributed by atoms with Crippen LogP contribution >= 0.6 is 73.6 Å². The molecule has 0 saturated carbocycles. The van der Waals surface area contributed by atoms with E-state index in [1.165, 1.54) is 0 Å². The van der Waals surface area contributed by atoms with Gasteiger partial charge in [-0.3, -0.25) is 0 Å². The standard InChI is InChI=1S/C4H6Cl6NP/c1-3(2,5)4(6,7)11-12(8,9)10/h1-2H3. The summed E-state index contributed by atoms with van der Waals surface area (Å²) in [6, 6.07) is 0. The summed E-state index contributed by atoms with van der Waals surface area (Å²) in [7, 11) is 0. The molecule has 0 spiro atoms. The molecule has 0 aliphatic heterocycles. The first-order valence-electron chi connectivity index (χ1n) is 2.75. The predicted octanol–water partition coefficient (Wildman–Crippen LogP) is 5.80. The molecular weight excluding hydrogens is 306 g/mol. The highest BCUT2D eigenvalue weighted by atomic mass is 36.0. The van der Waals surface area contributed by atoms with E-state index in [0.29, 0.717) is 0 Å². The van der Waals surface area contributed by atoms with Crippen LogP contribution in [0, 0.1) is 0 Å². The molecule has 8 heteroatoms. The highest BCUT2D eigenvalue weighted by Crippen LogP contribution is 2.68. The van der Waals surface area contributed by atoms with E-state index in [4.69, 9.17) is 68.5 Å². The fourth-order valence-corrected chi connectivity index (χ4v) is 3.29. The number of rotatable bonds is 2. The SMILES string of the molecule is CC(C)(Cl)C(Cl)(Cl)N=P(Cl)(Cl)Cl. The Kier molecular flexibility index (Phi) is 4.92. The molecule has 0 unspecified atom stereocenters. The van der Waals surface area contributed by atoms with E-state index in [0.717, 1.165) is 0 Å². The van der Waals surface area contributed by atoms with Crippen molar-refractivity contribution in [1.82, 2.24) is 0 Å². The largest absolute Gasteiger partial charge is 0.228 e. The molecule has 0 bridgehead atoms. The van der Waals surface area contributed by atoms with Gasteiger partial charge in [-0.25, -0.2) is 4.74 Å². The van der Waals surface area contributed by atoms with E-state index < -0.39 is 14.4 Å². The summed E-state index contributed by atoms with van der Waals surface area (Å²) in [6.07, 6.45) is 0. The summed E-state index contributed by atoms with van der Waals surface area (Å²) in [5.74, 6) is 0. The third kappa shape index (κ3) is 5.00. The Labute approximate surface area is 101 Å². The molecule has 0 aliphatic carbocycles. The van der Waals surface area contributed by atoms with Crippen molar-refractivity contribution in [2.75, 3.05) is 0 Å². The van der Waals surface area contributed by atoms with E-state index in [-0.39, 0.29) is 0 Å². The number of hydrogen-bond donors (Lipinski definition) is 0. The molecule has 0 atom stereocenters. The van der Waals surface area contributed by atoms with Crippen molar-refractivity contribution in [1.29, 1.82) is 0 Å². The molecule has 0 aromatic rings. The highest BCUT2D eigenvalue weighted by Gasteiger charge is 2.42. The molecule has 0 aliphatic rings. The van der Waals surface area contributed by atoms with Crippen LogP contribution in [0.2, 0.25) is 0 Å². The van der Waals surface area contributed by atoms with Crippen molar-refractivity contribution in [3.8, 4) is 0 Å². The van der Waals surface area contributed by atoms with Gasteiger partial charge in [0.25, 0.3) is 0 Å². The average molecular weight is 312 g/mol. The molecule has 0 aromatic carbocycles. The second-order valence-corrected chi connectivity index (χ2v) is 11.8. The Morgan fingerprint density at radius 1 is 1.00 bits per heavy atom. The molecule has 0 N–H and O–H groups in total. The van der Waals surface area contributed by atoms with Crippen LogP contribution in [0.5, 0.6) is 0 Å². The predicted molar refractivity (Wildman–Crippen MR) is 61.3 cm³/mol. The van der Waals surface area contributed by atoms with E-state index in [2.05, 4.69) is 4.74 Å². The lowest BCUT2D eigenvalue weighted by atomic mass is 10.2. The molecule has 1 nitrogen and oxygen atoms in total. The average Bonchev–Trinajstić information content (AvgIpc) is 1.52. The van der Waals surface area contributed by atoms with Crippen LogP contribution in [-0.2, 0) is 0 Å². The zero-order valence-corrected chi connectivity index (χ0v) is 11.6. The third-order valence-corrected chi connectivity index (χ3v) is 3.98. The van der Waals surface area contributed by atoms with Crippen LogP contribution < -0.4 is 0 Å². The summed E-state index contributed by atoms with van der Waals surface area (Å²) in [5.41, 5.74) is 0. The van der Waals surface area contributed by atoms with Gasteiger partial charge < -0.3 is 0 Å². The fraction of sp³-hybridized carbons (Fsp3) is 1.00. The zero-order valence-electron chi connectivity index (χ0n) is 6.16. The van der Waals surface area contributed by atoms with Gasteiger partial charge in [0.2, 0.25) is 9.57 Å². The van der Waals surface area contributed by atoms with Gasteiger partial charge in [-0.15, -0.1) is 11.6 Å². The summed E-state index contributed by atoms with van der Waals surface area (Å²) < 4.78 is 2.03. The minimum absolute atomic E-state index is 0.986. The summed E-state index contributed by atoms with van der Waals surface area (Å²) >= 11 is 33.7. The van der Waals surface area contributed by atoms with Crippen LogP contribution in [0.25, 0.3) is 0 Å². The van der Waals surface area contributed by atoms with Gasteiger partial charge in [0, 0.05) is 0 Å². The smallest absolute Gasteiger partial charge is 0.220 e. The van der Waals surface area contributed by atoms with Crippen LogP contribution in [-0.4, -0.2) is 9.33 Å². The molecule has 12 heavy (non-hydrogen) atoms.